The molecule has 106 valence electrons. The van der Waals surface area contributed by atoms with E-state index in [1.165, 1.54) is 12.6 Å². The van der Waals surface area contributed by atoms with Gasteiger partial charge in [0.05, 0.1) is 5.69 Å². The molecule has 0 aromatic carbocycles. The molecule has 1 saturated carbocycles. The van der Waals surface area contributed by atoms with Crippen molar-refractivity contribution in [2.45, 2.75) is 56.0 Å². The molecule has 1 aromatic rings. The summed E-state index contributed by atoms with van der Waals surface area (Å²) in [5, 5.41) is 0. The molecule has 1 aromatic heterocycles. The number of nitrogens with two attached hydrogens (primary N) is 1. The number of aromatic nitrogens is 1. The maximum absolute atomic E-state index is 12.3. The lowest BCUT2D eigenvalue weighted by atomic mass is 9.84. The van der Waals surface area contributed by atoms with Gasteiger partial charge >= 0.3 is 0 Å². The highest BCUT2D eigenvalue weighted by atomic mass is 32.2. The molecule has 19 heavy (non-hydrogen) atoms. The van der Waals surface area contributed by atoms with Crippen LogP contribution in [0.15, 0.2) is 23.2 Å². The Morgan fingerprint density at radius 3 is 2.53 bits per heavy atom. The molecule has 0 spiro atoms. The smallest absolute Gasteiger partial charge is 0.242 e. The van der Waals surface area contributed by atoms with Crippen molar-refractivity contribution in [3.8, 4) is 0 Å². The molecule has 0 radical (unpaired) electrons. The Hall–Kier alpha value is -0.980. The second kappa shape index (κ2) is 5.56. The fourth-order valence-corrected chi connectivity index (χ4v) is 3.92. The summed E-state index contributed by atoms with van der Waals surface area (Å²) in [7, 11) is -3.50. The van der Waals surface area contributed by atoms with E-state index in [0.717, 1.165) is 25.7 Å². The Kier molecular flexibility index (Phi) is 4.23. The molecule has 1 aliphatic carbocycles. The lowest BCUT2D eigenvalue weighted by molar-refractivity contribution is 0.294. The molecule has 6 heteroatoms. The predicted molar refractivity (Wildman–Crippen MR) is 73.9 cm³/mol. The van der Waals surface area contributed by atoms with Crippen molar-refractivity contribution in [2.24, 2.45) is 5.73 Å². The lowest BCUT2D eigenvalue weighted by Gasteiger charge is -2.34. The van der Waals surface area contributed by atoms with E-state index in [1.54, 1.807) is 12.1 Å². The van der Waals surface area contributed by atoms with Gasteiger partial charge in [0.1, 0.15) is 4.90 Å². The summed E-state index contributed by atoms with van der Waals surface area (Å²) in [5.74, 6) is 0. The molecule has 1 fully saturated rings. The van der Waals surface area contributed by atoms with Gasteiger partial charge in [-0.1, -0.05) is 19.3 Å². The van der Waals surface area contributed by atoms with Crippen molar-refractivity contribution < 1.29 is 8.42 Å². The van der Waals surface area contributed by atoms with Crippen LogP contribution in [0.25, 0.3) is 0 Å². The normalized spacial score (nSPS) is 19.3. The predicted octanol–water partition coefficient (Wildman–Crippen LogP) is 1.54. The van der Waals surface area contributed by atoms with Crippen molar-refractivity contribution in [1.82, 2.24) is 9.71 Å². The SMILES string of the molecule is CC1(NS(=O)(=O)c2ccc(CN)nc2)CCCCC1. The van der Waals surface area contributed by atoms with Gasteiger partial charge in [-0.05, 0) is 31.9 Å². The van der Waals surface area contributed by atoms with Crippen LogP contribution in [-0.2, 0) is 16.6 Å². The average Bonchev–Trinajstić information content (AvgIpc) is 2.38. The van der Waals surface area contributed by atoms with E-state index >= 15 is 0 Å². The van der Waals surface area contributed by atoms with E-state index in [2.05, 4.69) is 9.71 Å². The van der Waals surface area contributed by atoms with Crippen LogP contribution in [0.1, 0.15) is 44.7 Å². The molecule has 3 N–H and O–H groups in total. The third kappa shape index (κ3) is 3.52. The first-order chi connectivity index (χ1) is 8.95. The molecule has 0 bridgehead atoms. The average molecular weight is 283 g/mol. The van der Waals surface area contributed by atoms with E-state index in [4.69, 9.17) is 5.73 Å². The van der Waals surface area contributed by atoms with Crippen LogP contribution in [0.4, 0.5) is 0 Å². The largest absolute Gasteiger partial charge is 0.325 e. The van der Waals surface area contributed by atoms with Crippen LogP contribution >= 0.6 is 0 Å². The van der Waals surface area contributed by atoms with Crippen LogP contribution in [0.5, 0.6) is 0 Å². The molecule has 0 amide bonds. The molecule has 1 heterocycles. The van der Waals surface area contributed by atoms with Crippen molar-refractivity contribution >= 4 is 10.0 Å². The Labute approximate surface area is 114 Å². The van der Waals surface area contributed by atoms with Crippen molar-refractivity contribution in [2.75, 3.05) is 0 Å². The summed E-state index contributed by atoms with van der Waals surface area (Å²) in [6, 6.07) is 3.21. The maximum atomic E-state index is 12.3. The number of nitrogens with zero attached hydrogens (tertiary/aromatic N) is 1. The Balaban J connectivity index is 2.17. The summed E-state index contributed by atoms with van der Waals surface area (Å²) < 4.78 is 27.5. The molecule has 0 atom stereocenters. The topological polar surface area (TPSA) is 85.1 Å². The zero-order valence-corrected chi connectivity index (χ0v) is 12.0. The third-order valence-corrected chi connectivity index (χ3v) is 5.28. The van der Waals surface area contributed by atoms with Gasteiger partial charge in [-0.2, -0.15) is 0 Å². The van der Waals surface area contributed by atoms with Gasteiger partial charge in [-0.25, -0.2) is 13.1 Å². The van der Waals surface area contributed by atoms with Gasteiger partial charge in [0.2, 0.25) is 10.0 Å². The summed E-state index contributed by atoms with van der Waals surface area (Å²) in [6.45, 7) is 2.29. The molecule has 1 aliphatic rings. The van der Waals surface area contributed by atoms with Crippen molar-refractivity contribution in [3.05, 3.63) is 24.0 Å². The van der Waals surface area contributed by atoms with E-state index in [0.29, 0.717) is 12.2 Å². The molecule has 0 unspecified atom stereocenters. The number of hydrogen-bond donors (Lipinski definition) is 2. The third-order valence-electron chi connectivity index (χ3n) is 3.65. The summed E-state index contributed by atoms with van der Waals surface area (Å²) >= 11 is 0. The molecule has 0 saturated heterocycles. The van der Waals surface area contributed by atoms with Gasteiger partial charge in [0, 0.05) is 18.3 Å². The quantitative estimate of drug-likeness (QED) is 0.877. The summed E-state index contributed by atoms with van der Waals surface area (Å²) in [4.78, 5) is 4.24. The van der Waals surface area contributed by atoms with E-state index in [-0.39, 0.29) is 10.4 Å². The first kappa shape index (κ1) is 14.4. The van der Waals surface area contributed by atoms with E-state index in [1.807, 2.05) is 6.92 Å². The van der Waals surface area contributed by atoms with E-state index < -0.39 is 10.0 Å². The molecule has 2 rings (SSSR count). The van der Waals surface area contributed by atoms with Gasteiger partial charge in [-0.15, -0.1) is 0 Å². The highest BCUT2D eigenvalue weighted by Crippen LogP contribution is 2.29. The number of nitrogens with one attached hydrogen (secondary N) is 1. The fourth-order valence-electron chi connectivity index (χ4n) is 2.51. The number of pyridine rings is 1. The van der Waals surface area contributed by atoms with Gasteiger partial charge in [0.25, 0.3) is 0 Å². The summed E-state index contributed by atoms with van der Waals surface area (Å²) in [6.07, 6.45) is 6.48. The molecular weight excluding hydrogens is 262 g/mol. The highest BCUT2D eigenvalue weighted by molar-refractivity contribution is 7.89. The summed E-state index contributed by atoms with van der Waals surface area (Å²) in [5.41, 5.74) is 5.81. The molecular formula is C13H21N3O2S. The van der Waals surface area contributed by atoms with Crippen LogP contribution < -0.4 is 10.5 Å². The maximum Gasteiger partial charge on any atom is 0.242 e. The Morgan fingerprint density at radius 1 is 1.32 bits per heavy atom. The number of rotatable bonds is 4. The Bertz CT molecular complexity index is 519. The standard InChI is InChI=1S/C13H21N3O2S/c1-13(7-3-2-4-8-13)16-19(17,18)12-6-5-11(9-14)15-10-12/h5-6,10,16H,2-4,7-9,14H2,1H3. The number of sulfonamides is 1. The number of hydrogen-bond acceptors (Lipinski definition) is 4. The van der Waals surface area contributed by atoms with Gasteiger partial charge < -0.3 is 5.73 Å². The zero-order valence-electron chi connectivity index (χ0n) is 11.2. The minimum atomic E-state index is -3.50. The zero-order chi connectivity index (χ0) is 13.9. The highest BCUT2D eigenvalue weighted by Gasteiger charge is 2.32. The first-order valence-electron chi connectivity index (χ1n) is 6.64. The first-order valence-corrected chi connectivity index (χ1v) is 8.12. The lowest BCUT2D eigenvalue weighted by Crippen LogP contribution is -2.47. The van der Waals surface area contributed by atoms with Gasteiger partial charge in [0.15, 0.2) is 0 Å². The van der Waals surface area contributed by atoms with Crippen LogP contribution in [0.3, 0.4) is 0 Å². The minimum Gasteiger partial charge on any atom is -0.325 e. The monoisotopic (exact) mass is 283 g/mol. The van der Waals surface area contributed by atoms with Crippen LogP contribution in [0.2, 0.25) is 0 Å². The van der Waals surface area contributed by atoms with Crippen LogP contribution in [0, 0.1) is 0 Å². The van der Waals surface area contributed by atoms with Crippen molar-refractivity contribution in [3.63, 3.8) is 0 Å². The second-order valence-corrected chi connectivity index (χ2v) is 7.10. The van der Waals surface area contributed by atoms with E-state index in [9.17, 15) is 8.42 Å². The molecule has 5 nitrogen and oxygen atoms in total. The minimum absolute atomic E-state index is 0.205. The Morgan fingerprint density at radius 2 is 2.00 bits per heavy atom. The van der Waals surface area contributed by atoms with Gasteiger partial charge in [-0.3, -0.25) is 4.98 Å². The van der Waals surface area contributed by atoms with Crippen molar-refractivity contribution in [1.29, 1.82) is 0 Å². The fraction of sp³-hybridized carbons (Fsp3) is 0.615. The second-order valence-electron chi connectivity index (χ2n) is 5.42. The molecule has 0 aliphatic heterocycles. The van der Waals surface area contributed by atoms with Crippen LogP contribution in [-0.4, -0.2) is 18.9 Å².